The number of imide groups is 1. The molecule has 2 fully saturated rings. The summed E-state index contributed by atoms with van der Waals surface area (Å²) in [6.07, 6.45) is 3.17. The van der Waals surface area contributed by atoms with Gasteiger partial charge in [0.1, 0.15) is 18.0 Å². The van der Waals surface area contributed by atoms with Gasteiger partial charge in [0.2, 0.25) is 11.8 Å². The van der Waals surface area contributed by atoms with Gasteiger partial charge in [-0.1, -0.05) is 12.8 Å². The molecule has 1 aliphatic heterocycles. The molecule has 1 saturated heterocycles. The van der Waals surface area contributed by atoms with E-state index in [0.717, 1.165) is 17.7 Å². The topological polar surface area (TPSA) is 111 Å². The quantitative estimate of drug-likeness (QED) is 0.539. The van der Waals surface area contributed by atoms with Crippen molar-refractivity contribution < 1.29 is 33.4 Å². The van der Waals surface area contributed by atoms with E-state index in [2.05, 4.69) is 5.32 Å². The lowest BCUT2D eigenvalue weighted by Crippen LogP contribution is -2.37. The molecule has 9 heteroatoms. The van der Waals surface area contributed by atoms with Gasteiger partial charge in [-0.3, -0.25) is 24.1 Å². The van der Waals surface area contributed by atoms with Gasteiger partial charge < -0.3 is 19.5 Å². The van der Waals surface area contributed by atoms with Crippen molar-refractivity contribution in [3.63, 3.8) is 0 Å². The molecule has 3 rings (SSSR count). The predicted molar refractivity (Wildman–Crippen MR) is 101 cm³/mol. The average molecular weight is 404 g/mol. The number of hydrogen-bond donors (Lipinski definition) is 1. The maximum atomic E-state index is 12.4. The number of ether oxygens (including phenoxy) is 3. The Labute approximate surface area is 168 Å². The van der Waals surface area contributed by atoms with Crippen molar-refractivity contribution >= 4 is 29.4 Å². The highest BCUT2D eigenvalue weighted by atomic mass is 16.5. The number of methoxy groups -OCH3 is 2. The molecule has 1 heterocycles. The Hall–Kier alpha value is -3.10. The van der Waals surface area contributed by atoms with Crippen LogP contribution in [-0.2, 0) is 23.9 Å². The number of nitrogens with zero attached hydrogens (tertiary/aromatic N) is 1. The largest absolute Gasteiger partial charge is 0.497 e. The highest BCUT2D eigenvalue weighted by Gasteiger charge is 2.48. The molecule has 0 bridgehead atoms. The number of carbonyl (C=O) groups is 4. The fourth-order valence-corrected chi connectivity index (χ4v) is 3.80. The van der Waals surface area contributed by atoms with Gasteiger partial charge in [-0.25, -0.2) is 0 Å². The van der Waals surface area contributed by atoms with Crippen LogP contribution in [0.25, 0.3) is 0 Å². The lowest BCUT2D eigenvalue weighted by Gasteiger charge is -2.19. The van der Waals surface area contributed by atoms with Gasteiger partial charge in [0.15, 0.2) is 6.61 Å². The van der Waals surface area contributed by atoms with Crippen molar-refractivity contribution in [2.75, 3.05) is 32.7 Å². The highest BCUT2D eigenvalue weighted by molar-refractivity contribution is 6.07. The number of nitrogens with one attached hydrogen (secondary N) is 1. The van der Waals surface area contributed by atoms with Gasteiger partial charge >= 0.3 is 5.97 Å². The van der Waals surface area contributed by atoms with E-state index in [1.54, 1.807) is 18.2 Å². The van der Waals surface area contributed by atoms with Gasteiger partial charge in [-0.2, -0.15) is 0 Å². The minimum absolute atomic E-state index is 0.316. The van der Waals surface area contributed by atoms with E-state index in [1.165, 1.54) is 14.2 Å². The third-order valence-corrected chi connectivity index (χ3v) is 5.27. The van der Waals surface area contributed by atoms with E-state index >= 15 is 0 Å². The summed E-state index contributed by atoms with van der Waals surface area (Å²) in [4.78, 5) is 49.9. The van der Waals surface area contributed by atoms with Gasteiger partial charge in [0, 0.05) is 6.07 Å². The van der Waals surface area contributed by atoms with Crippen LogP contribution in [0.4, 0.5) is 5.69 Å². The predicted octanol–water partition coefficient (Wildman–Crippen LogP) is 1.36. The van der Waals surface area contributed by atoms with Crippen LogP contribution in [-0.4, -0.2) is 56.0 Å². The van der Waals surface area contributed by atoms with Crippen LogP contribution < -0.4 is 14.8 Å². The molecule has 1 aromatic carbocycles. The van der Waals surface area contributed by atoms with E-state index in [-0.39, 0.29) is 23.7 Å². The first kappa shape index (κ1) is 20.6. The lowest BCUT2D eigenvalue weighted by atomic mass is 9.81. The molecule has 3 amide bonds. The third kappa shape index (κ3) is 4.49. The smallest absolute Gasteiger partial charge is 0.326 e. The standard InChI is InChI=1S/C20H24N2O7/c1-27-12-7-8-15(16(9-12)28-2)21-17(23)11-29-18(24)10-22-19(25)13-5-3-4-6-14(13)20(22)26/h7-9,13-14H,3-6,10-11H2,1-2H3,(H,21,23)/t13-,14-/m0/s1. The molecular weight excluding hydrogens is 380 g/mol. The van der Waals surface area contributed by atoms with Crippen LogP contribution in [0, 0.1) is 11.8 Å². The zero-order chi connectivity index (χ0) is 21.0. The number of benzene rings is 1. The minimum Gasteiger partial charge on any atom is -0.497 e. The molecule has 2 atom stereocenters. The Bertz CT molecular complexity index is 799. The molecule has 1 aromatic rings. The Morgan fingerprint density at radius 2 is 1.72 bits per heavy atom. The number of carbonyl (C=O) groups excluding carboxylic acids is 4. The van der Waals surface area contributed by atoms with Gasteiger partial charge in [-0.05, 0) is 25.0 Å². The Morgan fingerprint density at radius 1 is 1.07 bits per heavy atom. The first-order valence-electron chi connectivity index (χ1n) is 9.47. The van der Waals surface area contributed by atoms with Crippen molar-refractivity contribution in [2.45, 2.75) is 25.7 Å². The van der Waals surface area contributed by atoms with Crippen LogP contribution >= 0.6 is 0 Å². The van der Waals surface area contributed by atoms with Crippen molar-refractivity contribution in [3.8, 4) is 11.5 Å². The molecule has 0 spiro atoms. The molecule has 0 radical (unpaired) electrons. The summed E-state index contributed by atoms with van der Waals surface area (Å²) in [6, 6.07) is 4.85. The van der Waals surface area contributed by atoms with Crippen molar-refractivity contribution in [2.24, 2.45) is 11.8 Å². The van der Waals surface area contributed by atoms with Crippen molar-refractivity contribution in [1.82, 2.24) is 4.90 Å². The Balaban J connectivity index is 1.51. The summed E-state index contributed by atoms with van der Waals surface area (Å²) in [5.41, 5.74) is 0.392. The van der Waals surface area contributed by atoms with Gasteiger partial charge in [-0.15, -0.1) is 0 Å². The van der Waals surface area contributed by atoms with Crippen molar-refractivity contribution in [1.29, 1.82) is 0 Å². The van der Waals surface area contributed by atoms with Crippen LogP contribution in [0.2, 0.25) is 0 Å². The first-order valence-corrected chi connectivity index (χ1v) is 9.47. The SMILES string of the molecule is COc1ccc(NC(=O)COC(=O)CN2C(=O)[C@H]3CCCC[C@@H]3C2=O)c(OC)c1. The lowest BCUT2D eigenvalue weighted by molar-refractivity contribution is -0.154. The molecule has 1 N–H and O–H groups in total. The normalized spacial score (nSPS) is 20.8. The van der Waals surface area contributed by atoms with Crippen molar-refractivity contribution in [3.05, 3.63) is 18.2 Å². The summed E-state index contributed by atoms with van der Waals surface area (Å²) in [6.45, 7) is -1.01. The minimum atomic E-state index is -0.804. The van der Waals surface area contributed by atoms with Crippen LogP contribution in [0.3, 0.4) is 0 Å². The number of esters is 1. The van der Waals surface area contributed by atoms with Crippen LogP contribution in [0.1, 0.15) is 25.7 Å². The number of rotatable bonds is 7. The highest BCUT2D eigenvalue weighted by Crippen LogP contribution is 2.37. The van der Waals surface area contributed by atoms with E-state index in [1.807, 2.05) is 0 Å². The summed E-state index contributed by atoms with van der Waals surface area (Å²) in [5.74, 6) is -1.71. The maximum absolute atomic E-state index is 12.4. The van der Waals surface area contributed by atoms with Crippen LogP contribution in [0.5, 0.6) is 11.5 Å². The van der Waals surface area contributed by atoms with Crippen LogP contribution in [0.15, 0.2) is 18.2 Å². The molecule has 9 nitrogen and oxygen atoms in total. The van der Waals surface area contributed by atoms with E-state index in [9.17, 15) is 19.2 Å². The average Bonchev–Trinajstić information content (AvgIpc) is 2.97. The first-order chi connectivity index (χ1) is 13.9. The number of amides is 3. The maximum Gasteiger partial charge on any atom is 0.326 e. The molecule has 0 aromatic heterocycles. The third-order valence-electron chi connectivity index (χ3n) is 5.27. The monoisotopic (exact) mass is 404 g/mol. The Kier molecular flexibility index (Phi) is 6.36. The zero-order valence-corrected chi connectivity index (χ0v) is 16.4. The number of hydrogen-bond acceptors (Lipinski definition) is 7. The summed E-state index contributed by atoms with van der Waals surface area (Å²) in [7, 11) is 2.96. The second kappa shape index (κ2) is 8.93. The summed E-state index contributed by atoms with van der Waals surface area (Å²) < 4.78 is 15.2. The van der Waals surface area contributed by atoms with E-state index < -0.39 is 25.0 Å². The molecule has 1 saturated carbocycles. The molecular formula is C20H24N2O7. The summed E-state index contributed by atoms with van der Waals surface area (Å²) in [5, 5.41) is 2.58. The number of likely N-dealkylation sites (tertiary alicyclic amines) is 1. The molecule has 1 aliphatic carbocycles. The second-order valence-electron chi connectivity index (χ2n) is 7.04. The van der Waals surface area contributed by atoms with E-state index in [4.69, 9.17) is 14.2 Å². The Morgan fingerprint density at radius 3 is 2.31 bits per heavy atom. The molecule has 29 heavy (non-hydrogen) atoms. The number of anilines is 1. The molecule has 156 valence electrons. The van der Waals surface area contributed by atoms with Gasteiger partial charge in [0.25, 0.3) is 5.91 Å². The fourth-order valence-electron chi connectivity index (χ4n) is 3.80. The summed E-state index contributed by atoms with van der Waals surface area (Å²) >= 11 is 0. The zero-order valence-electron chi connectivity index (χ0n) is 16.4. The number of fused-ring (bicyclic) bond motifs is 1. The molecule has 2 aliphatic rings. The van der Waals surface area contributed by atoms with E-state index in [0.29, 0.717) is 30.0 Å². The van der Waals surface area contributed by atoms with Gasteiger partial charge in [0.05, 0.1) is 31.7 Å². The fraction of sp³-hybridized carbons (Fsp3) is 0.500. The molecule has 0 unspecified atom stereocenters. The second-order valence-corrected chi connectivity index (χ2v) is 7.04.